The topological polar surface area (TPSA) is 87.6 Å². The quantitative estimate of drug-likeness (QED) is 0.586. The Morgan fingerprint density at radius 2 is 2.00 bits per heavy atom. The largest absolute Gasteiger partial charge is 0.326 e. The highest BCUT2D eigenvalue weighted by Gasteiger charge is 2.31. The number of carbonyl (C=O) groups is 3. The lowest BCUT2D eigenvalue weighted by Gasteiger charge is -2.07. The van der Waals surface area contributed by atoms with Gasteiger partial charge in [0, 0.05) is 24.2 Å². The highest BCUT2D eigenvalue weighted by molar-refractivity contribution is 8.15. The van der Waals surface area contributed by atoms with Crippen molar-refractivity contribution in [2.75, 3.05) is 11.9 Å². The number of Topliss-reactive ketones (excluding diaryl/α,β-unsaturated/α-hetero) is 1. The summed E-state index contributed by atoms with van der Waals surface area (Å²) in [6.07, 6.45) is 2.10. The Morgan fingerprint density at radius 1 is 1.29 bits per heavy atom. The van der Waals surface area contributed by atoms with Gasteiger partial charge in [0.05, 0.1) is 0 Å². The van der Waals surface area contributed by atoms with E-state index in [-0.39, 0.29) is 24.0 Å². The molecule has 1 saturated heterocycles. The highest BCUT2D eigenvalue weighted by atomic mass is 32.2. The molecule has 2 rings (SSSR count). The van der Waals surface area contributed by atoms with Gasteiger partial charge in [-0.2, -0.15) is 0 Å². The van der Waals surface area contributed by atoms with E-state index in [9.17, 15) is 14.4 Å². The minimum atomic E-state index is -0.457. The van der Waals surface area contributed by atoms with Gasteiger partial charge in [-0.05, 0) is 37.6 Å². The number of anilines is 1. The van der Waals surface area contributed by atoms with E-state index in [1.807, 2.05) is 0 Å². The normalized spacial score (nSPS) is 18.5. The maximum absolute atomic E-state index is 12.1. The zero-order chi connectivity index (χ0) is 17.5. The molecule has 7 heteroatoms. The van der Waals surface area contributed by atoms with Crippen LogP contribution >= 0.6 is 11.8 Å². The van der Waals surface area contributed by atoms with Crippen molar-refractivity contribution in [1.29, 1.82) is 0 Å². The lowest BCUT2D eigenvalue weighted by molar-refractivity contribution is -0.122. The summed E-state index contributed by atoms with van der Waals surface area (Å²) in [5.74, 6) is -0.452. The molecule has 1 aromatic rings. The van der Waals surface area contributed by atoms with E-state index in [1.165, 1.54) is 18.7 Å². The monoisotopic (exact) mass is 347 g/mol. The summed E-state index contributed by atoms with van der Waals surface area (Å²) in [6, 6.07) is 6.67. The van der Waals surface area contributed by atoms with Gasteiger partial charge in [-0.15, -0.1) is 0 Å². The molecule has 0 aliphatic carbocycles. The van der Waals surface area contributed by atoms with Crippen LogP contribution in [0.2, 0.25) is 0 Å². The molecule has 24 heavy (non-hydrogen) atoms. The van der Waals surface area contributed by atoms with Crippen LogP contribution in [0.3, 0.4) is 0 Å². The molecule has 2 N–H and O–H groups in total. The Kier molecular flexibility index (Phi) is 6.54. The fourth-order valence-electron chi connectivity index (χ4n) is 2.12. The molecule has 6 nitrogen and oxygen atoms in total. The van der Waals surface area contributed by atoms with Gasteiger partial charge in [-0.1, -0.05) is 25.1 Å². The first-order valence-electron chi connectivity index (χ1n) is 7.92. The number of rotatable bonds is 7. The smallest absolute Gasteiger partial charge is 0.240 e. The molecule has 0 saturated carbocycles. The Balaban J connectivity index is 1.87. The van der Waals surface area contributed by atoms with Crippen molar-refractivity contribution in [3.05, 3.63) is 29.8 Å². The Bertz CT molecular complexity index is 656. The van der Waals surface area contributed by atoms with E-state index >= 15 is 0 Å². The van der Waals surface area contributed by atoms with Crippen LogP contribution in [0, 0.1) is 0 Å². The van der Waals surface area contributed by atoms with Gasteiger partial charge < -0.3 is 10.6 Å². The maximum Gasteiger partial charge on any atom is 0.240 e. The number of thioether (sulfide) groups is 1. The number of amides is 2. The maximum atomic E-state index is 12.1. The molecular formula is C17H21N3O3S. The van der Waals surface area contributed by atoms with Crippen LogP contribution < -0.4 is 10.6 Å². The van der Waals surface area contributed by atoms with Crippen molar-refractivity contribution in [3.63, 3.8) is 0 Å². The first-order valence-corrected chi connectivity index (χ1v) is 8.80. The lowest BCUT2D eigenvalue weighted by Crippen LogP contribution is -2.28. The third-order valence-corrected chi connectivity index (χ3v) is 4.61. The summed E-state index contributed by atoms with van der Waals surface area (Å²) >= 11 is 1.30. The molecule has 1 unspecified atom stereocenters. The van der Waals surface area contributed by atoms with E-state index in [4.69, 9.17) is 0 Å². The molecule has 1 aromatic carbocycles. The summed E-state index contributed by atoms with van der Waals surface area (Å²) in [7, 11) is 0. The standard InChI is InChI=1S/C17H21N3O3S/c1-3-4-9-18-17-20-16(23)14(24-17)10-15(22)19-13-7-5-12(6-8-13)11(2)21/h5-8,14H,3-4,9-10H2,1-2H3,(H,19,22)(H,18,20,23). The predicted octanol–water partition coefficient (Wildman–Crippen LogP) is 2.61. The highest BCUT2D eigenvalue weighted by Crippen LogP contribution is 2.23. The van der Waals surface area contributed by atoms with Crippen LogP contribution in [0.15, 0.2) is 29.3 Å². The summed E-state index contributed by atoms with van der Waals surface area (Å²) in [5, 5.41) is 5.59. The number of unbranched alkanes of at least 4 members (excludes halogenated alkanes) is 1. The van der Waals surface area contributed by atoms with Crippen molar-refractivity contribution >= 4 is 40.2 Å². The Labute approximate surface area is 145 Å². The van der Waals surface area contributed by atoms with Crippen molar-refractivity contribution < 1.29 is 14.4 Å². The fraction of sp³-hybridized carbons (Fsp3) is 0.412. The van der Waals surface area contributed by atoms with Gasteiger partial charge >= 0.3 is 0 Å². The molecule has 1 aliphatic rings. The Hall–Kier alpha value is -2.15. The third kappa shape index (κ3) is 5.19. The van der Waals surface area contributed by atoms with Gasteiger partial charge in [-0.25, -0.2) is 0 Å². The third-order valence-electron chi connectivity index (χ3n) is 3.49. The molecule has 1 heterocycles. The van der Waals surface area contributed by atoms with E-state index < -0.39 is 5.25 Å². The second-order valence-electron chi connectivity index (χ2n) is 5.52. The summed E-state index contributed by atoms with van der Waals surface area (Å²) in [6.45, 7) is 4.25. The van der Waals surface area contributed by atoms with E-state index in [2.05, 4.69) is 22.5 Å². The van der Waals surface area contributed by atoms with Crippen molar-refractivity contribution in [2.24, 2.45) is 4.99 Å². The molecule has 1 fully saturated rings. The van der Waals surface area contributed by atoms with Crippen LogP contribution in [0.4, 0.5) is 5.69 Å². The predicted molar refractivity (Wildman–Crippen MR) is 96.4 cm³/mol. The molecule has 2 amide bonds. The van der Waals surface area contributed by atoms with Gasteiger partial charge in [0.2, 0.25) is 11.8 Å². The van der Waals surface area contributed by atoms with E-state index in [0.717, 1.165) is 12.8 Å². The van der Waals surface area contributed by atoms with Crippen LogP contribution in [0.25, 0.3) is 0 Å². The van der Waals surface area contributed by atoms with Gasteiger partial charge in [0.25, 0.3) is 0 Å². The van der Waals surface area contributed by atoms with Crippen molar-refractivity contribution in [3.8, 4) is 0 Å². The first-order chi connectivity index (χ1) is 11.5. The number of hydrogen-bond acceptors (Lipinski definition) is 5. The van der Waals surface area contributed by atoms with E-state index in [0.29, 0.717) is 23.0 Å². The number of carbonyl (C=O) groups excluding carboxylic acids is 3. The zero-order valence-electron chi connectivity index (χ0n) is 13.8. The number of nitrogens with one attached hydrogen (secondary N) is 2. The lowest BCUT2D eigenvalue weighted by atomic mass is 10.1. The minimum Gasteiger partial charge on any atom is -0.326 e. The Morgan fingerprint density at radius 3 is 2.62 bits per heavy atom. The summed E-state index contributed by atoms with van der Waals surface area (Å²) in [4.78, 5) is 39.5. The minimum absolute atomic E-state index is 0.0261. The summed E-state index contributed by atoms with van der Waals surface area (Å²) in [5.41, 5.74) is 1.19. The van der Waals surface area contributed by atoms with Crippen molar-refractivity contribution in [2.45, 2.75) is 38.4 Å². The molecule has 0 radical (unpaired) electrons. The number of amidine groups is 1. The van der Waals surface area contributed by atoms with Crippen LogP contribution in [0.5, 0.6) is 0 Å². The SMILES string of the molecule is CCCCN=C1NC(=O)C(CC(=O)Nc2ccc(C(C)=O)cc2)S1. The van der Waals surface area contributed by atoms with Crippen LogP contribution in [-0.2, 0) is 9.59 Å². The van der Waals surface area contributed by atoms with Crippen LogP contribution in [0.1, 0.15) is 43.5 Å². The number of hydrogen-bond donors (Lipinski definition) is 2. The number of benzene rings is 1. The molecular weight excluding hydrogens is 326 g/mol. The molecule has 0 spiro atoms. The zero-order valence-corrected chi connectivity index (χ0v) is 14.6. The summed E-state index contributed by atoms with van der Waals surface area (Å²) < 4.78 is 0. The molecule has 0 bridgehead atoms. The van der Waals surface area contributed by atoms with Gasteiger partial charge in [-0.3, -0.25) is 19.4 Å². The van der Waals surface area contributed by atoms with E-state index in [1.54, 1.807) is 24.3 Å². The molecule has 1 atom stereocenters. The van der Waals surface area contributed by atoms with Crippen LogP contribution in [-0.4, -0.2) is 34.6 Å². The number of aliphatic imine (C=N–C) groups is 1. The van der Waals surface area contributed by atoms with Crippen molar-refractivity contribution in [1.82, 2.24) is 5.32 Å². The average Bonchev–Trinajstić information content (AvgIpc) is 2.88. The fourth-order valence-corrected chi connectivity index (χ4v) is 3.12. The molecule has 0 aromatic heterocycles. The molecule has 1 aliphatic heterocycles. The second kappa shape index (κ2) is 8.63. The van der Waals surface area contributed by atoms with Gasteiger partial charge in [0.15, 0.2) is 11.0 Å². The number of ketones is 1. The molecule has 128 valence electrons. The van der Waals surface area contributed by atoms with Gasteiger partial charge in [0.1, 0.15) is 5.25 Å². The second-order valence-corrected chi connectivity index (χ2v) is 6.71. The first kappa shape index (κ1) is 18.2. The average molecular weight is 347 g/mol. The number of nitrogens with zero attached hydrogens (tertiary/aromatic N) is 1.